The summed E-state index contributed by atoms with van der Waals surface area (Å²) in [6, 6.07) is 15.7. The van der Waals surface area contributed by atoms with Crippen molar-refractivity contribution in [2.45, 2.75) is 16.6 Å². The molecule has 3 aromatic carbocycles. The zero-order chi connectivity index (χ0) is 23.8. The molecule has 1 amide bonds. The molecule has 1 atom stereocenters. The molecule has 4 rings (SSSR count). The SMILES string of the molecule is NC(=O)[C@H](Sc1nc2ccccc2c(=O)n1-c1ccccc1C(F)(F)F)c1ccc(F)cc1. The maximum absolute atomic E-state index is 13.8. The van der Waals surface area contributed by atoms with Crippen LogP contribution in [-0.2, 0) is 11.0 Å². The summed E-state index contributed by atoms with van der Waals surface area (Å²) in [4.78, 5) is 29.9. The first-order chi connectivity index (χ1) is 15.7. The molecule has 0 unspecified atom stereocenters. The number of aromatic nitrogens is 2. The van der Waals surface area contributed by atoms with Gasteiger partial charge in [0.25, 0.3) is 5.56 Å². The van der Waals surface area contributed by atoms with E-state index in [0.717, 1.165) is 28.8 Å². The second-order valence-corrected chi connectivity index (χ2v) is 8.09. The summed E-state index contributed by atoms with van der Waals surface area (Å²) < 4.78 is 55.4. The molecule has 2 N–H and O–H groups in total. The summed E-state index contributed by atoms with van der Waals surface area (Å²) in [5, 5.41) is -1.19. The largest absolute Gasteiger partial charge is 0.418 e. The van der Waals surface area contributed by atoms with Crippen molar-refractivity contribution in [3.05, 3.63) is 100 Å². The zero-order valence-electron chi connectivity index (χ0n) is 16.7. The Bertz CT molecular complexity index is 1400. The van der Waals surface area contributed by atoms with Gasteiger partial charge in [0.15, 0.2) is 5.16 Å². The summed E-state index contributed by atoms with van der Waals surface area (Å²) in [5.74, 6) is -1.36. The maximum atomic E-state index is 13.8. The second-order valence-electron chi connectivity index (χ2n) is 7.02. The van der Waals surface area contributed by atoms with Gasteiger partial charge in [0.2, 0.25) is 5.91 Å². The van der Waals surface area contributed by atoms with Gasteiger partial charge in [-0.1, -0.05) is 48.2 Å². The number of rotatable bonds is 5. The minimum Gasteiger partial charge on any atom is -0.368 e. The fourth-order valence-corrected chi connectivity index (χ4v) is 4.40. The Morgan fingerprint density at radius 2 is 1.61 bits per heavy atom. The number of hydrogen-bond donors (Lipinski definition) is 1. The first-order valence-electron chi connectivity index (χ1n) is 9.56. The summed E-state index contributed by atoms with van der Waals surface area (Å²) in [6.45, 7) is 0. The van der Waals surface area contributed by atoms with Gasteiger partial charge in [-0.05, 0) is 42.0 Å². The quantitative estimate of drug-likeness (QED) is 0.255. The van der Waals surface area contributed by atoms with Gasteiger partial charge in [-0.15, -0.1) is 0 Å². The van der Waals surface area contributed by atoms with Crippen molar-refractivity contribution in [3.63, 3.8) is 0 Å². The Labute approximate surface area is 188 Å². The molecule has 0 aliphatic heterocycles. The number of para-hydroxylation sites is 2. The monoisotopic (exact) mass is 473 g/mol. The van der Waals surface area contributed by atoms with E-state index in [4.69, 9.17) is 5.73 Å². The number of nitrogens with zero attached hydrogens (tertiary/aromatic N) is 2. The Morgan fingerprint density at radius 3 is 2.27 bits per heavy atom. The number of halogens is 4. The lowest BCUT2D eigenvalue weighted by atomic mass is 10.1. The third-order valence-corrected chi connectivity index (χ3v) is 6.07. The molecular weight excluding hydrogens is 458 g/mol. The van der Waals surface area contributed by atoms with E-state index in [9.17, 15) is 27.2 Å². The Morgan fingerprint density at radius 1 is 0.970 bits per heavy atom. The van der Waals surface area contributed by atoms with Crippen LogP contribution < -0.4 is 11.3 Å². The Kier molecular flexibility index (Phi) is 5.94. The van der Waals surface area contributed by atoms with Crippen LogP contribution in [0.15, 0.2) is 82.7 Å². The second kappa shape index (κ2) is 8.70. The lowest BCUT2D eigenvalue weighted by molar-refractivity contribution is -0.137. The van der Waals surface area contributed by atoms with Crippen LogP contribution in [0.3, 0.4) is 0 Å². The number of nitrogens with two attached hydrogens (primary N) is 1. The Balaban J connectivity index is 1.98. The van der Waals surface area contributed by atoms with Crippen molar-refractivity contribution >= 4 is 28.6 Å². The number of primary amides is 1. The highest BCUT2D eigenvalue weighted by Crippen LogP contribution is 2.38. The molecule has 0 aliphatic rings. The van der Waals surface area contributed by atoms with Crippen molar-refractivity contribution in [2.75, 3.05) is 0 Å². The third-order valence-electron chi connectivity index (χ3n) is 4.85. The zero-order valence-corrected chi connectivity index (χ0v) is 17.5. The molecule has 0 spiro atoms. The summed E-state index contributed by atoms with van der Waals surface area (Å²) in [7, 11) is 0. The van der Waals surface area contributed by atoms with Gasteiger partial charge in [0, 0.05) is 0 Å². The number of fused-ring (bicyclic) bond motifs is 1. The maximum Gasteiger partial charge on any atom is 0.418 e. The smallest absolute Gasteiger partial charge is 0.368 e. The first kappa shape index (κ1) is 22.5. The molecule has 168 valence electrons. The summed E-state index contributed by atoms with van der Waals surface area (Å²) in [6.07, 6.45) is -4.75. The molecule has 10 heteroatoms. The Hall–Kier alpha value is -3.66. The lowest BCUT2D eigenvalue weighted by Crippen LogP contribution is -2.26. The molecule has 4 aromatic rings. The molecule has 1 heterocycles. The molecule has 5 nitrogen and oxygen atoms in total. The van der Waals surface area contributed by atoms with E-state index in [1.807, 2.05) is 0 Å². The van der Waals surface area contributed by atoms with E-state index in [0.29, 0.717) is 17.3 Å². The van der Waals surface area contributed by atoms with Gasteiger partial charge in [0.05, 0.1) is 22.2 Å². The van der Waals surface area contributed by atoms with E-state index in [1.165, 1.54) is 36.4 Å². The van der Waals surface area contributed by atoms with Gasteiger partial charge >= 0.3 is 6.18 Å². The van der Waals surface area contributed by atoms with Crippen LogP contribution in [0.4, 0.5) is 17.6 Å². The predicted molar refractivity (Wildman–Crippen MR) is 117 cm³/mol. The first-order valence-corrected chi connectivity index (χ1v) is 10.4. The standard InChI is InChI=1S/C23H15F4N3O2S/c24-14-11-9-13(10-12-14)19(20(28)31)33-22-29-17-7-3-1-5-15(17)21(32)30(22)18-8-4-2-6-16(18)23(25,26)27/h1-12,19H,(H2,28,31)/t19-/m1/s1. The van der Waals surface area contributed by atoms with Crippen LogP contribution >= 0.6 is 11.8 Å². The molecule has 0 saturated heterocycles. The predicted octanol–water partition coefficient (Wildman–Crippen LogP) is 4.86. The molecule has 0 bridgehead atoms. The molecular formula is C23H15F4N3O2S. The normalized spacial score (nSPS) is 12.6. The average molecular weight is 473 g/mol. The van der Waals surface area contributed by atoms with E-state index in [2.05, 4.69) is 4.98 Å². The van der Waals surface area contributed by atoms with Crippen LogP contribution in [0.5, 0.6) is 0 Å². The highest BCUT2D eigenvalue weighted by molar-refractivity contribution is 8.00. The van der Waals surface area contributed by atoms with Gasteiger partial charge in [0.1, 0.15) is 11.1 Å². The van der Waals surface area contributed by atoms with Gasteiger partial charge in [-0.3, -0.25) is 14.2 Å². The lowest BCUT2D eigenvalue weighted by Gasteiger charge is -2.20. The van der Waals surface area contributed by atoms with Crippen LogP contribution in [-0.4, -0.2) is 15.5 Å². The van der Waals surface area contributed by atoms with Crippen molar-refractivity contribution in [2.24, 2.45) is 5.73 Å². The summed E-state index contributed by atoms with van der Waals surface area (Å²) >= 11 is 0.713. The molecule has 0 aliphatic carbocycles. The van der Waals surface area contributed by atoms with Crippen LogP contribution in [0.2, 0.25) is 0 Å². The molecule has 1 aromatic heterocycles. The van der Waals surface area contributed by atoms with Gasteiger partial charge < -0.3 is 5.73 Å². The molecule has 0 saturated carbocycles. The molecule has 0 fully saturated rings. The van der Waals surface area contributed by atoms with Crippen LogP contribution in [0.25, 0.3) is 16.6 Å². The van der Waals surface area contributed by atoms with Gasteiger partial charge in [-0.2, -0.15) is 13.2 Å². The highest BCUT2D eigenvalue weighted by Gasteiger charge is 2.35. The van der Waals surface area contributed by atoms with E-state index in [-0.39, 0.29) is 16.1 Å². The van der Waals surface area contributed by atoms with Crippen molar-refractivity contribution < 1.29 is 22.4 Å². The minimum absolute atomic E-state index is 0.108. The van der Waals surface area contributed by atoms with E-state index >= 15 is 0 Å². The number of hydrogen-bond acceptors (Lipinski definition) is 4. The number of thioether (sulfide) groups is 1. The number of carbonyl (C=O) groups excluding carboxylic acids is 1. The molecule has 33 heavy (non-hydrogen) atoms. The summed E-state index contributed by atoms with van der Waals surface area (Å²) in [5.41, 5.74) is 3.90. The van der Waals surface area contributed by atoms with Crippen LogP contribution in [0, 0.1) is 5.82 Å². The van der Waals surface area contributed by atoms with E-state index in [1.54, 1.807) is 12.1 Å². The average Bonchev–Trinajstić information content (AvgIpc) is 2.78. The number of benzene rings is 3. The van der Waals surface area contributed by atoms with Gasteiger partial charge in [-0.25, -0.2) is 9.37 Å². The third kappa shape index (κ3) is 4.47. The number of carbonyl (C=O) groups is 1. The topological polar surface area (TPSA) is 78.0 Å². The fraction of sp³-hybridized carbons (Fsp3) is 0.0870. The van der Waals surface area contributed by atoms with Crippen molar-refractivity contribution in [3.8, 4) is 5.69 Å². The fourth-order valence-electron chi connectivity index (χ4n) is 3.35. The number of alkyl halides is 3. The van der Waals surface area contributed by atoms with Crippen molar-refractivity contribution in [1.82, 2.24) is 9.55 Å². The van der Waals surface area contributed by atoms with Crippen molar-refractivity contribution in [1.29, 1.82) is 0 Å². The highest BCUT2D eigenvalue weighted by atomic mass is 32.2. The minimum atomic E-state index is -4.75. The number of amides is 1. The van der Waals surface area contributed by atoms with Crippen LogP contribution in [0.1, 0.15) is 16.4 Å². The molecule has 0 radical (unpaired) electrons. The van der Waals surface area contributed by atoms with E-state index < -0.39 is 40.0 Å².